The maximum atomic E-state index is 5.82. The first-order valence-electron chi connectivity index (χ1n) is 7.03. The molecule has 0 spiro atoms. The lowest BCUT2D eigenvalue weighted by atomic mass is 10.1. The van der Waals surface area contributed by atoms with Crippen molar-refractivity contribution in [3.63, 3.8) is 0 Å². The average molecular weight is 271 g/mol. The van der Waals surface area contributed by atoms with Gasteiger partial charge in [0.05, 0.1) is 5.52 Å². The fourth-order valence-electron chi connectivity index (χ4n) is 3.01. The zero-order valence-corrected chi connectivity index (χ0v) is 12.1. The molecule has 0 amide bonds. The lowest BCUT2D eigenvalue weighted by Gasteiger charge is -2.23. The predicted molar refractivity (Wildman–Crippen MR) is 82.8 cm³/mol. The minimum Gasteiger partial charge on any atom is -0.399 e. The molecule has 1 fully saturated rings. The van der Waals surface area contributed by atoms with Crippen LogP contribution in [0.25, 0.3) is 10.9 Å². The molecular formula is C15H21N5. The van der Waals surface area contributed by atoms with Crippen molar-refractivity contribution in [2.45, 2.75) is 6.42 Å². The summed E-state index contributed by atoms with van der Waals surface area (Å²) in [6, 6.07) is 5.82. The molecule has 0 bridgehead atoms. The van der Waals surface area contributed by atoms with Gasteiger partial charge in [0, 0.05) is 31.2 Å². The molecule has 3 rings (SSSR count). The number of aromatic nitrogens is 2. The molecule has 0 saturated carbocycles. The number of hydrogen-bond acceptors (Lipinski definition) is 5. The number of hydrogen-bond donors (Lipinski definition) is 1. The Hall–Kier alpha value is -1.88. The van der Waals surface area contributed by atoms with Crippen molar-refractivity contribution in [1.29, 1.82) is 0 Å². The standard InChI is InChI=1S/C15H21N5/c1-19-6-5-11(8-19)9-20(2)15-13-4-3-12(16)7-14(13)17-10-18-15/h3-4,7,10-11H,5-6,8-9,16H2,1-2H3. The first kappa shape index (κ1) is 13.1. The van der Waals surface area contributed by atoms with Crippen molar-refractivity contribution in [3.8, 4) is 0 Å². The fraction of sp³-hybridized carbons (Fsp3) is 0.467. The summed E-state index contributed by atoms with van der Waals surface area (Å²) in [5, 5.41) is 1.07. The van der Waals surface area contributed by atoms with Gasteiger partial charge in [-0.15, -0.1) is 0 Å². The molecule has 1 saturated heterocycles. The van der Waals surface area contributed by atoms with Gasteiger partial charge in [0.2, 0.25) is 0 Å². The highest BCUT2D eigenvalue weighted by Gasteiger charge is 2.21. The second-order valence-corrected chi connectivity index (χ2v) is 5.77. The van der Waals surface area contributed by atoms with Crippen molar-refractivity contribution in [2.24, 2.45) is 5.92 Å². The van der Waals surface area contributed by atoms with E-state index in [-0.39, 0.29) is 0 Å². The molecule has 5 heteroatoms. The van der Waals surface area contributed by atoms with Gasteiger partial charge in [-0.1, -0.05) is 0 Å². The molecular weight excluding hydrogens is 250 g/mol. The fourth-order valence-corrected chi connectivity index (χ4v) is 3.01. The summed E-state index contributed by atoms with van der Waals surface area (Å²) in [6.07, 6.45) is 2.88. The molecule has 2 N–H and O–H groups in total. The minimum absolute atomic E-state index is 0.712. The minimum atomic E-state index is 0.712. The van der Waals surface area contributed by atoms with Gasteiger partial charge < -0.3 is 15.5 Å². The Balaban J connectivity index is 1.85. The average Bonchev–Trinajstić information content (AvgIpc) is 2.83. The van der Waals surface area contributed by atoms with Crippen LogP contribution in [-0.4, -0.2) is 48.6 Å². The molecule has 20 heavy (non-hydrogen) atoms. The van der Waals surface area contributed by atoms with Crippen LogP contribution >= 0.6 is 0 Å². The maximum absolute atomic E-state index is 5.82. The normalized spacial score (nSPS) is 19.6. The number of fused-ring (bicyclic) bond motifs is 1. The van der Waals surface area contributed by atoms with Crippen LogP contribution in [0.1, 0.15) is 6.42 Å². The largest absolute Gasteiger partial charge is 0.399 e. The van der Waals surface area contributed by atoms with Crippen molar-refractivity contribution < 1.29 is 0 Å². The highest BCUT2D eigenvalue weighted by molar-refractivity contribution is 5.91. The number of benzene rings is 1. The van der Waals surface area contributed by atoms with Gasteiger partial charge in [0.15, 0.2) is 0 Å². The van der Waals surface area contributed by atoms with Gasteiger partial charge in [0.1, 0.15) is 12.1 Å². The molecule has 106 valence electrons. The second-order valence-electron chi connectivity index (χ2n) is 5.77. The van der Waals surface area contributed by atoms with Gasteiger partial charge in [-0.05, 0) is 44.1 Å². The van der Waals surface area contributed by atoms with Gasteiger partial charge in [-0.25, -0.2) is 9.97 Å². The summed E-state index contributed by atoms with van der Waals surface area (Å²) in [5.41, 5.74) is 7.46. The third-order valence-electron chi connectivity index (χ3n) is 4.02. The molecule has 5 nitrogen and oxygen atoms in total. The van der Waals surface area contributed by atoms with Crippen LogP contribution in [0.4, 0.5) is 11.5 Å². The van der Waals surface area contributed by atoms with E-state index in [2.05, 4.69) is 33.9 Å². The van der Waals surface area contributed by atoms with E-state index in [0.29, 0.717) is 5.92 Å². The molecule has 1 aliphatic rings. The maximum Gasteiger partial charge on any atom is 0.139 e. The summed E-state index contributed by atoms with van der Waals surface area (Å²) >= 11 is 0. The van der Waals surface area contributed by atoms with Crippen LogP contribution in [0.2, 0.25) is 0 Å². The van der Waals surface area contributed by atoms with Crippen molar-refractivity contribution in [3.05, 3.63) is 24.5 Å². The van der Waals surface area contributed by atoms with Crippen LogP contribution in [-0.2, 0) is 0 Å². The Morgan fingerprint density at radius 2 is 2.25 bits per heavy atom. The van der Waals surface area contributed by atoms with Crippen molar-refractivity contribution >= 4 is 22.4 Å². The topological polar surface area (TPSA) is 58.3 Å². The Labute approximate surface area is 119 Å². The third-order valence-corrected chi connectivity index (χ3v) is 4.02. The van der Waals surface area contributed by atoms with Crippen LogP contribution < -0.4 is 10.6 Å². The predicted octanol–water partition coefficient (Wildman–Crippen LogP) is 1.60. The molecule has 2 heterocycles. The van der Waals surface area contributed by atoms with E-state index in [0.717, 1.165) is 29.0 Å². The van der Waals surface area contributed by atoms with E-state index >= 15 is 0 Å². The quantitative estimate of drug-likeness (QED) is 0.859. The Kier molecular flexibility index (Phi) is 3.44. The van der Waals surface area contributed by atoms with E-state index < -0.39 is 0 Å². The van der Waals surface area contributed by atoms with Crippen molar-refractivity contribution in [2.75, 3.05) is 44.4 Å². The molecule has 1 aliphatic heterocycles. The Morgan fingerprint density at radius 3 is 3.00 bits per heavy atom. The van der Waals surface area contributed by atoms with Gasteiger partial charge >= 0.3 is 0 Å². The second kappa shape index (κ2) is 5.25. The van der Waals surface area contributed by atoms with E-state index in [4.69, 9.17) is 5.73 Å². The smallest absolute Gasteiger partial charge is 0.139 e. The summed E-state index contributed by atoms with van der Waals surface area (Å²) in [5.74, 6) is 1.70. The van der Waals surface area contributed by atoms with E-state index in [1.165, 1.54) is 19.5 Å². The monoisotopic (exact) mass is 271 g/mol. The SMILES string of the molecule is CN1CCC(CN(C)c2ncnc3cc(N)ccc23)C1. The number of likely N-dealkylation sites (tertiary alicyclic amines) is 1. The Morgan fingerprint density at radius 1 is 1.40 bits per heavy atom. The van der Waals surface area contributed by atoms with Gasteiger partial charge in [-0.2, -0.15) is 0 Å². The third kappa shape index (κ3) is 2.54. The molecule has 1 atom stereocenters. The van der Waals surface area contributed by atoms with E-state index in [1.807, 2.05) is 18.2 Å². The highest BCUT2D eigenvalue weighted by Crippen LogP contribution is 2.25. The summed E-state index contributed by atoms with van der Waals surface area (Å²) in [4.78, 5) is 13.4. The summed E-state index contributed by atoms with van der Waals surface area (Å²) < 4.78 is 0. The highest BCUT2D eigenvalue weighted by atomic mass is 15.2. The molecule has 2 aromatic rings. The zero-order valence-electron chi connectivity index (χ0n) is 12.1. The molecule has 1 aromatic carbocycles. The zero-order chi connectivity index (χ0) is 14.1. The van der Waals surface area contributed by atoms with Crippen LogP contribution in [0, 0.1) is 5.92 Å². The van der Waals surface area contributed by atoms with Crippen LogP contribution in [0.3, 0.4) is 0 Å². The number of rotatable bonds is 3. The van der Waals surface area contributed by atoms with E-state index in [9.17, 15) is 0 Å². The van der Waals surface area contributed by atoms with Crippen LogP contribution in [0.5, 0.6) is 0 Å². The van der Waals surface area contributed by atoms with Crippen molar-refractivity contribution in [1.82, 2.24) is 14.9 Å². The van der Waals surface area contributed by atoms with Gasteiger partial charge in [-0.3, -0.25) is 0 Å². The number of nitrogens with zero attached hydrogens (tertiary/aromatic N) is 4. The number of nitrogens with two attached hydrogens (primary N) is 1. The lowest BCUT2D eigenvalue weighted by Crippen LogP contribution is -2.28. The van der Waals surface area contributed by atoms with E-state index in [1.54, 1.807) is 6.33 Å². The number of nitrogen functional groups attached to an aromatic ring is 1. The first-order valence-corrected chi connectivity index (χ1v) is 7.03. The molecule has 1 aromatic heterocycles. The van der Waals surface area contributed by atoms with Crippen LogP contribution in [0.15, 0.2) is 24.5 Å². The Bertz CT molecular complexity index is 612. The lowest BCUT2D eigenvalue weighted by molar-refractivity contribution is 0.395. The molecule has 0 radical (unpaired) electrons. The molecule has 1 unspecified atom stereocenters. The molecule has 0 aliphatic carbocycles. The van der Waals surface area contributed by atoms with Gasteiger partial charge in [0.25, 0.3) is 0 Å². The summed E-state index contributed by atoms with van der Waals surface area (Å²) in [7, 11) is 4.29. The summed E-state index contributed by atoms with van der Waals surface area (Å²) in [6.45, 7) is 3.39. The number of anilines is 2. The first-order chi connectivity index (χ1) is 9.63.